The van der Waals surface area contributed by atoms with Gasteiger partial charge in [-0.3, -0.25) is 9.59 Å². The summed E-state index contributed by atoms with van der Waals surface area (Å²) >= 11 is 0. The first kappa shape index (κ1) is 9.98. The van der Waals surface area contributed by atoms with Crippen molar-refractivity contribution in [2.45, 2.75) is 25.3 Å². The minimum atomic E-state index is -0.988. The lowest BCUT2D eigenvalue weighted by Gasteiger charge is -2.29. The molecule has 0 unspecified atom stereocenters. The second-order valence-corrected chi connectivity index (χ2v) is 3.46. The Morgan fingerprint density at radius 1 is 1.15 bits per heavy atom. The average molecular weight is 187 g/mol. The summed E-state index contributed by atoms with van der Waals surface area (Å²) in [5.41, 5.74) is 5.57. The van der Waals surface area contributed by atoms with Crippen LogP contribution in [0.3, 0.4) is 0 Å². The van der Waals surface area contributed by atoms with Crippen LogP contribution in [-0.2, 0) is 9.59 Å². The van der Waals surface area contributed by atoms with Crippen molar-refractivity contribution in [3.8, 4) is 0 Å². The normalized spacial score (nSPS) is 34.1. The van der Waals surface area contributed by atoms with Gasteiger partial charge >= 0.3 is 11.9 Å². The largest absolute Gasteiger partial charge is 0.481 e. The molecule has 0 aromatic carbocycles. The highest BCUT2D eigenvalue weighted by molar-refractivity contribution is 5.74. The molecule has 4 N–H and O–H groups in total. The minimum Gasteiger partial charge on any atom is -0.481 e. The third-order valence-electron chi connectivity index (χ3n) is 2.57. The van der Waals surface area contributed by atoms with Crippen molar-refractivity contribution >= 4 is 11.9 Å². The van der Waals surface area contributed by atoms with Gasteiger partial charge in [-0.2, -0.15) is 0 Å². The van der Waals surface area contributed by atoms with Crippen LogP contribution in [0, 0.1) is 11.8 Å². The van der Waals surface area contributed by atoms with Crippen molar-refractivity contribution in [3.63, 3.8) is 0 Å². The number of hydrogen-bond acceptors (Lipinski definition) is 3. The van der Waals surface area contributed by atoms with Crippen LogP contribution < -0.4 is 5.73 Å². The molecule has 5 nitrogen and oxygen atoms in total. The van der Waals surface area contributed by atoms with Gasteiger partial charge in [0.25, 0.3) is 0 Å². The van der Waals surface area contributed by atoms with Crippen molar-refractivity contribution in [2.75, 3.05) is 0 Å². The highest BCUT2D eigenvalue weighted by Crippen LogP contribution is 2.28. The maximum atomic E-state index is 10.7. The summed E-state index contributed by atoms with van der Waals surface area (Å²) in [6.07, 6.45) is 1.13. The molecule has 74 valence electrons. The topological polar surface area (TPSA) is 101 Å². The van der Waals surface area contributed by atoms with E-state index in [4.69, 9.17) is 15.9 Å². The first-order valence-electron chi connectivity index (χ1n) is 4.23. The highest BCUT2D eigenvalue weighted by Gasteiger charge is 2.35. The molecule has 0 saturated heterocycles. The second-order valence-electron chi connectivity index (χ2n) is 3.46. The Labute approximate surface area is 75.5 Å². The molecule has 1 aliphatic rings. The standard InChI is InChI=1S/C8H13NO4/c9-6-2-1-4(7(10)11)3-5(6)8(12)13/h4-6H,1-3,9H2,(H,10,11)(H,12,13)/t4-,5+,6+/m0/s1. The van der Waals surface area contributed by atoms with Crippen LogP contribution in [0.4, 0.5) is 0 Å². The van der Waals surface area contributed by atoms with E-state index in [1.807, 2.05) is 0 Å². The van der Waals surface area contributed by atoms with Gasteiger partial charge in [-0.05, 0) is 19.3 Å². The minimum absolute atomic E-state index is 0.159. The zero-order valence-electron chi connectivity index (χ0n) is 7.14. The summed E-state index contributed by atoms with van der Waals surface area (Å²) < 4.78 is 0. The zero-order chi connectivity index (χ0) is 10.0. The number of carbonyl (C=O) groups is 2. The monoisotopic (exact) mass is 187 g/mol. The van der Waals surface area contributed by atoms with E-state index in [2.05, 4.69) is 0 Å². The Kier molecular flexibility index (Phi) is 2.87. The zero-order valence-corrected chi connectivity index (χ0v) is 7.14. The van der Waals surface area contributed by atoms with Crippen molar-refractivity contribution in [1.82, 2.24) is 0 Å². The Bertz CT molecular complexity index is 228. The van der Waals surface area contributed by atoms with Gasteiger partial charge in [0.2, 0.25) is 0 Å². The summed E-state index contributed by atoms with van der Waals surface area (Å²) in [6.45, 7) is 0. The van der Waals surface area contributed by atoms with E-state index in [1.165, 1.54) is 0 Å². The Morgan fingerprint density at radius 2 is 1.77 bits per heavy atom. The molecule has 0 spiro atoms. The number of carboxylic acids is 2. The van der Waals surface area contributed by atoms with Crippen LogP contribution in [0.5, 0.6) is 0 Å². The fourth-order valence-electron chi connectivity index (χ4n) is 1.70. The number of carboxylic acid groups (broad SMARTS) is 2. The predicted molar refractivity (Wildman–Crippen MR) is 44.1 cm³/mol. The Morgan fingerprint density at radius 3 is 2.23 bits per heavy atom. The number of rotatable bonds is 2. The lowest BCUT2D eigenvalue weighted by atomic mass is 9.78. The summed E-state index contributed by atoms with van der Waals surface area (Å²) in [5, 5.41) is 17.4. The van der Waals surface area contributed by atoms with Crippen LogP contribution in [0.15, 0.2) is 0 Å². The molecule has 0 aliphatic heterocycles. The fourth-order valence-corrected chi connectivity index (χ4v) is 1.70. The van der Waals surface area contributed by atoms with E-state index >= 15 is 0 Å². The lowest BCUT2D eigenvalue weighted by molar-refractivity contribution is -0.148. The van der Waals surface area contributed by atoms with Crippen LogP contribution in [-0.4, -0.2) is 28.2 Å². The molecule has 0 heterocycles. The molecule has 1 rings (SSSR count). The summed E-state index contributed by atoms with van der Waals surface area (Å²) in [6, 6.07) is -0.395. The van der Waals surface area contributed by atoms with Gasteiger partial charge in [0.05, 0.1) is 11.8 Å². The van der Waals surface area contributed by atoms with Gasteiger partial charge in [-0.1, -0.05) is 0 Å². The molecule has 5 heteroatoms. The number of aliphatic carboxylic acids is 2. The van der Waals surface area contributed by atoms with Gasteiger partial charge in [-0.25, -0.2) is 0 Å². The van der Waals surface area contributed by atoms with Gasteiger partial charge in [-0.15, -0.1) is 0 Å². The molecule has 0 aromatic heterocycles. The van der Waals surface area contributed by atoms with E-state index in [0.29, 0.717) is 12.8 Å². The van der Waals surface area contributed by atoms with Crippen molar-refractivity contribution < 1.29 is 19.8 Å². The number of nitrogens with two attached hydrogens (primary N) is 1. The third kappa shape index (κ3) is 2.18. The van der Waals surface area contributed by atoms with E-state index in [0.717, 1.165) is 0 Å². The predicted octanol–water partition coefficient (Wildman–Crippen LogP) is -0.101. The Balaban J connectivity index is 2.63. The third-order valence-corrected chi connectivity index (χ3v) is 2.57. The van der Waals surface area contributed by atoms with Crippen molar-refractivity contribution in [3.05, 3.63) is 0 Å². The summed E-state index contributed by atoms with van der Waals surface area (Å²) in [7, 11) is 0. The smallest absolute Gasteiger partial charge is 0.308 e. The average Bonchev–Trinajstić information content (AvgIpc) is 2.04. The molecule has 0 amide bonds. The van der Waals surface area contributed by atoms with Crippen molar-refractivity contribution in [2.24, 2.45) is 17.6 Å². The molecule has 0 radical (unpaired) electrons. The van der Waals surface area contributed by atoms with Crippen LogP contribution in [0.25, 0.3) is 0 Å². The Hall–Kier alpha value is -1.10. The second kappa shape index (κ2) is 3.74. The van der Waals surface area contributed by atoms with Gasteiger partial charge in [0.15, 0.2) is 0 Å². The van der Waals surface area contributed by atoms with E-state index in [1.54, 1.807) is 0 Å². The van der Waals surface area contributed by atoms with E-state index in [9.17, 15) is 9.59 Å². The van der Waals surface area contributed by atoms with Crippen LogP contribution >= 0.6 is 0 Å². The van der Waals surface area contributed by atoms with Crippen molar-refractivity contribution in [1.29, 1.82) is 0 Å². The van der Waals surface area contributed by atoms with Gasteiger partial charge in [0, 0.05) is 6.04 Å². The maximum absolute atomic E-state index is 10.7. The van der Waals surface area contributed by atoms with E-state index < -0.39 is 29.8 Å². The molecule has 3 atom stereocenters. The van der Waals surface area contributed by atoms with Gasteiger partial charge < -0.3 is 15.9 Å². The van der Waals surface area contributed by atoms with Gasteiger partial charge in [0.1, 0.15) is 0 Å². The SMILES string of the molecule is N[C@@H]1CC[C@H](C(=O)O)C[C@H]1C(=O)O. The molecular formula is C8H13NO4. The molecular weight excluding hydrogens is 174 g/mol. The molecule has 0 aromatic rings. The number of hydrogen-bond donors (Lipinski definition) is 3. The van der Waals surface area contributed by atoms with E-state index in [-0.39, 0.29) is 6.42 Å². The van der Waals surface area contributed by atoms with Crippen LogP contribution in [0.2, 0.25) is 0 Å². The molecule has 0 bridgehead atoms. The first-order chi connectivity index (χ1) is 6.02. The summed E-state index contributed by atoms with van der Waals surface area (Å²) in [4.78, 5) is 21.3. The molecule has 13 heavy (non-hydrogen) atoms. The highest BCUT2D eigenvalue weighted by atomic mass is 16.4. The molecule has 1 saturated carbocycles. The fraction of sp³-hybridized carbons (Fsp3) is 0.750. The quantitative estimate of drug-likeness (QED) is 0.560. The molecule has 1 fully saturated rings. The van der Waals surface area contributed by atoms with Crippen LogP contribution in [0.1, 0.15) is 19.3 Å². The maximum Gasteiger partial charge on any atom is 0.308 e. The first-order valence-corrected chi connectivity index (χ1v) is 4.23. The lowest BCUT2D eigenvalue weighted by Crippen LogP contribution is -2.42. The molecule has 1 aliphatic carbocycles. The summed E-state index contributed by atoms with van der Waals surface area (Å²) in [5.74, 6) is -3.15.